The molecule has 0 radical (unpaired) electrons. The Bertz CT molecular complexity index is 248. The molecule has 0 nitrogen and oxygen atoms in total. The predicted molar refractivity (Wildman–Crippen MR) is 56.8 cm³/mol. The maximum atomic E-state index is 5.65. The summed E-state index contributed by atoms with van der Waals surface area (Å²) in [5.41, 5.74) is 0.943. The van der Waals surface area contributed by atoms with Crippen molar-refractivity contribution >= 4 is 45.9 Å². The Hall–Kier alpha value is 0.320. The van der Waals surface area contributed by atoms with Crippen molar-refractivity contribution in [3.63, 3.8) is 0 Å². The second kappa shape index (κ2) is 4.37. The van der Waals surface area contributed by atoms with Crippen LogP contribution in [0.25, 0.3) is 0 Å². The first-order chi connectivity index (χ1) is 5.22. The summed E-state index contributed by atoms with van der Waals surface area (Å²) in [5, 5.41) is 0. The highest BCUT2D eigenvalue weighted by Gasteiger charge is 2.08. The molecule has 0 aliphatic heterocycles. The van der Waals surface area contributed by atoms with Crippen LogP contribution >= 0.6 is 41.3 Å². The van der Waals surface area contributed by atoms with E-state index in [2.05, 4.69) is 0 Å². The maximum Gasteiger partial charge on any atom is 0.128 e. The first-order valence-electron chi connectivity index (χ1n) is 2.93. The molecule has 0 aliphatic rings. The van der Waals surface area contributed by atoms with Crippen LogP contribution in [0.4, 0.5) is 0 Å². The van der Waals surface area contributed by atoms with Crippen LogP contribution in [0.2, 0.25) is 0 Å². The standard InChI is InChI=1S/C7H5Cl2PS/c8-10(9)7(11)6-4-2-1-3-5-6/h1-5H. The fourth-order valence-electron chi connectivity index (χ4n) is 0.678. The summed E-state index contributed by atoms with van der Waals surface area (Å²) in [4.78, 5) is 0. The molecule has 11 heavy (non-hydrogen) atoms. The summed E-state index contributed by atoms with van der Waals surface area (Å²) < 4.78 is 0.643. The van der Waals surface area contributed by atoms with E-state index in [9.17, 15) is 0 Å². The minimum Gasteiger partial charge on any atom is -0.0764 e. The molecule has 0 amide bonds. The predicted octanol–water partition coefficient (Wildman–Crippen LogP) is 4.15. The molecular formula is C7H5Cl2PS. The van der Waals surface area contributed by atoms with E-state index in [1.54, 1.807) is 0 Å². The molecule has 58 valence electrons. The van der Waals surface area contributed by atoms with Crippen molar-refractivity contribution in [2.75, 3.05) is 0 Å². The molecule has 0 fully saturated rings. The molecule has 0 atom stereocenters. The Kier molecular flexibility index (Phi) is 3.74. The summed E-state index contributed by atoms with van der Waals surface area (Å²) in [6.07, 6.45) is 0. The van der Waals surface area contributed by atoms with E-state index >= 15 is 0 Å². The lowest BCUT2D eigenvalue weighted by Crippen LogP contribution is -1.87. The zero-order chi connectivity index (χ0) is 8.27. The highest BCUT2D eigenvalue weighted by atomic mass is 35.9. The molecule has 1 rings (SSSR count). The SMILES string of the molecule is S=C(c1ccccc1)P(Cl)Cl. The molecule has 0 unspecified atom stereocenters. The van der Waals surface area contributed by atoms with Crippen LogP contribution < -0.4 is 0 Å². The minimum atomic E-state index is -1.16. The fraction of sp³-hybridized carbons (Fsp3) is 0. The number of halogens is 2. The zero-order valence-corrected chi connectivity index (χ0v) is 8.72. The van der Waals surface area contributed by atoms with Gasteiger partial charge < -0.3 is 0 Å². The van der Waals surface area contributed by atoms with Crippen LogP contribution in [0.5, 0.6) is 0 Å². The van der Waals surface area contributed by atoms with Gasteiger partial charge in [-0.05, 0) is 5.56 Å². The van der Waals surface area contributed by atoms with Crippen LogP contribution in [0.3, 0.4) is 0 Å². The van der Waals surface area contributed by atoms with Gasteiger partial charge in [0.05, 0.1) is 4.61 Å². The number of rotatable bonds is 2. The van der Waals surface area contributed by atoms with Gasteiger partial charge in [0, 0.05) is 0 Å². The summed E-state index contributed by atoms with van der Waals surface area (Å²) in [5.74, 6) is 0. The molecule has 0 saturated heterocycles. The molecule has 1 aromatic carbocycles. The lowest BCUT2D eigenvalue weighted by atomic mass is 10.2. The third-order valence-corrected chi connectivity index (χ3v) is 4.14. The second-order valence-electron chi connectivity index (χ2n) is 1.90. The zero-order valence-electron chi connectivity index (χ0n) is 5.50. The van der Waals surface area contributed by atoms with Gasteiger partial charge in [-0.1, -0.05) is 65.0 Å². The van der Waals surface area contributed by atoms with Crippen molar-refractivity contribution in [1.29, 1.82) is 0 Å². The third kappa shape index (κ3) is 2.68. The molecule has 0 heterocycles. The molecule has 0 N–H and O–H groups in total. The Morgan fingerprint density at radius 1 is 1.18 bits per heavy atom. The molecule has 0 aromatic heterocycles. The van der Waals surface area contributed by atoms with Gasteiger partial charge in [0.2, 0.25) is 0 Å². The van der Waals surface area contributed by atoms with Gasteiger partial charge in [-0.25, -0.2) is 0 Å². The monoisotopic (exact) mass is 222 g/mol. The highest BCUT2D eigenvalue weighted by molar-refractivity contribution is 8.22. The molecule has 0 aliphatic carbocycles. The normalized spacial score (nSPS) is 10.1. The number of thiocarbonyl (C=S) groups is 1. The van der Waals surface area contributed by atoms with Crippen molar-refractivity contribution in [3.05, 3.63) is 35.9 Å². The summed E-state index contributed by atoms with van der Waals surface area (Å²) in [6.45, 7) is -1.16. The van der Waals surface area contributed by atoms with E-state index in [1.807, 2.05) is 30.3 Å². The summed E-state index contributed by atoms with van der Waals surface area (Å²) >= 11 is 16.3. The van der Waals surface area contributed by atoms with Gasteiger partial charge in [-0.3, -0.25) is 0 Å². The average molecular weight is 223 g/mol. The van der Waals surface area contributed by atoms with Gasteiger partial charge >= 0.3 is 0 Å². The summed E-state index contributed by atoms with van der Waals surface area (Å²) in [7, 11) is 0. The van der Waals surface area contributed by atoms with Gasteiger partial charge in [0.1, 0.15) is 6.63 Å². The lowest BCUT2D eigenvalue weighted by molar-refractivity contribution is 1.69. The Labute approximate surface area is 81.8 Å². The Morgan fingerprint density at radius 2 is 1.73 bits per heavy atom. The first-order valence-corrected chi connectivity index (χ1v) is 6.49. The van der Waals surface area contributed by atoms with Crippen molar-refractivity contribution in [1.82, 2.24) is 0 Å². The maximum absolute atomic E-state index is 5.65. The number of hydrogen-bond donors (Lipinski definition) is 0. The van der Waals surface area contributed by atoms with E-state index < -0.39 is 6.63 Å². The topological polar surface area (TPSA) is 0 Å². The van der Waals surface area contributed by atoms with Crippen molar-refractivity contribution in [2.45, 2.75) is 0 Å². The number of hydrogen-bond acceptors (Lipinski definition) is 1. The number of benzene rings is 1. The quantitative estimate of drug-likeness (QED) is 0.536. The highest BCUT2D eigenvalue weighted by Crippen LogP contribution is 2.50. The smallest absolute Gasteiger partial charge is 0.0764 e. The van der Waals surface area contributed by atoms with E-state index in [-0.39, 0.29) is 0 Å². The molecule has 4 heteroatoms. The molecule has 1 aromatic rings. The van der Waals surface area contributed by atoms with E-state index in [1.165, 1.54) is 0 Å². The van der Waals surface area contributed by atoms with Crippen molar-refractivity contribution in [3.8, 4) is 0 Å². The van der Waals surface area contributed by atoms with E-state index in [4.69, 9.17) is 34.7 Å². The second-order valence-corrected chi connectivity index (χ2v) is 6.08. The largest absolute Gasteiger partial charge is 0.128 e. The molecular weight excluding hydrogens is 218 g/mol. The molecule has 0 spiro atoms. The molecule has 0 bridgehead atoms. The first kappa shape index (κ1) is 9.41. The van der Waals surface area contributed by atoms with Crippen LogP contribution in [0.15, 0.2) is 30.3 Å². The average Bonchev–Trinajstić information content (AvgIpc) is 2.05. The van der Waals surface area contributed by atoms with Gasteiger partial charge in [-0.15, -0.1) is 0 Å². The van der Waals surface area contributed by atoms with Gasteiger partial charge in [0.25, 0.3) is 0 Å². The minimum absolute atomic E-state index is 0.643. The molecule has 0 saturated carbocycles. The van der Waals surface area contributed by atoms with Gasteiger partial charge in [-0.2, -0.15) is 0 Å². The van der Waals surface area contributed by atoms with Gasteiger partial charge in [0.15, 0.2) is 0 Å². The van der Waals surface area contributed by atoms with E-state index in [0.29, 0.717) is 4.61 Å². The fourth-order valence-corrected chi connectivity index (χ4v) is 1.74. The Morgan fingerprint density at radius 3 is 2.18 bits per heavy atom. The van der Waals surface area contributed by atoms with Crippen molar-refractivity contribution in [2.24, 2.45) is 0 Å². The van der Waals surface area contributed by atoms with Crippen molar-refractivity contribution < 1.29 is 0 Å². The Balaban J connectivity index is 2.86. The van der Waals surface area contributed by atoms with Crippen LogP contribution in [0.1, 0.15) is 5.56 Å². The third-order valence-electron chi connectivity index (χ3n) is 1.17. The lowest BCUT2D eigenvalue weighted by Gasteiger charge is -2.01. The van der Waals surface area contributed by atoms with E-state index in [0.717, 1.165) is 5.56 Å². The van der Waals surface area contributed by atoms with Crippen LogP contribution in [0, 0.1) is 0 Å². The van der Waals surface area contributed by atoms with Crippen LogP contribution in [-0.4, -0.2) is 4.61 Å². The van der Waals surface area contributed by atoms with Crippen LogP contribution in [-0.2, 0) is 0 Å². The summed E-state index contributed by atoms with van der Waals surface area (Å²) in [6, 6.07) is 9.56.